The van der Waals surface area contributed by atoms with Crippen LogP contribution in [0.15, 0.2) is 97.2 Å². The number of hydrogen-bond acceptors (Lipinski definition) is 3. The lowest BCUT2D eigenvalue weighted by molar-refractivity contribution is 0.194. The topological polar surface area (TPSA) is 64.3 Å². The number of urea groups is 1. The van der Waals surface area contributed by atoms with Crippen molar-refractivity contribution in [2.75, 3.05) is 12.4 Å². The minimum Gasteiger partial charge on any atom is -0.497 e. The molecular weight excluding hydrogens is 493 g/mol. The lowest BCUT2D eigenvalue weighted by Crippen LogP contribution is -2.38. The molecule has 39 heavy (non-hydrogen) atoms. The second kappa shape index (κ2) is 10.1. The minimum absolute atomic E-state index is 0.285. The zero-order valence-corrected chi connectivity index (χ0v) is 21.7. The monoisotopic (exact) mass is 521 g/mol. The summed E-state index contributed by atoms with van der Waals surface area (Å²) in [6.07, 6.45) is 2.69. The number of methoxy groups -OCH3 is 1. The molecule has 0 saturated carbocycles. The van der Waals surface area contributed by atoms with E-state index in [1.54, 1.807) is 30.2 Å². The summed E-state index contributed by atoms with van der Waals surface area (Å²) < 4.78 is 23.4. The second-order valence-corrected chi connectivity index (χ2v) is 9.40. The molecule has 7 nitrogen and oxygen atoms in total. The molecule has 0 bridgehead atoms. The number of fused-ring (bicyclic) bond motifs is 3. The Morgan fingerprint density at radius 1 is 1.03 bits per heavy atom. The lowest BCUT2D eigenvalue weighted by Gasteiger charge is -2.31. The van der Waals surface area contributed by atoms with Crippen molar-refractivity contribution >= 4 is 11.7 Å². The Morgan fingerprint density at radius 3 is 2.56 bits per heavy atom. The van der Waals surface area contributed by atoms with E-state index in [9.17, 15) is 9.18 Å². The Balaban J connectivity index is 1.53. The third-order valence-electron chi connectivity index (χ3n) is 7.07. The van der Waals surface area contributed by atoms with Crippen LogP contribution in [0.25, 0.3) is 11.5 Å². The number of amides is 2. The van der Waals surface area contributed by atoms with Gasteiger partial charge in [0, 0.05) is 23.5 Å². The molecule has 196 valence electrons. The second-order valence-electron chi connectivity index (χ2n) is 9.40. The number of aryl methyl sites for hydroxylation is 1. The fourth-order valence-electron chi connectivity index (χ4n) is 5.24. The van der Waals surface area contributed by atoms with E-state index in [-0.39, 0.29) is 11.8 Å². The van der Waals surface area contributed by atoms with E-state index in [1.807, 2.05) is 71.5 Å². The van der Waals surface area contributed by atoms with Gasteiger partial charge in [-0.15, -0.1) is 0 Å². The molecule has 0 saturated heterocycles. The van der Waals surface area contributed by atoms with Crippen LogP contribution in [-0.2, 0) is 13.0 Å². The summed E-state index contributed by atoms with van der Waals surface area (Å²) in [5.41, 5.74) is 5.10. The molecule has 0 fully saturated rings. The maximum absolute atomic E-state index is 14.1. The summed E-state index contributed by atoms with van der Waals surface area (Å²) in [6.45, 7) is 2.38. The molecule has 0 spiro atoms. The van der Waals surface area contributed by atoms with Gasteiger partial charge < -0.3 is 19.5 Å². The molecule has 1 N–H and O–H groups in total. The van der Waals surface area contributed by atoms with E-state index in [4.69, 9.17) is 9.84 Å². The standard InChI is InChI=1S/C31H28FN5O2/c1-3-27-26-20-36(31(38)33-23-9-7-12-25(19-23)39-2)29(21-14-16-22(32)17-15-21)28-13-8-18-35(28)30(26)37(34-27)24-10-5-4-6-11-24/h4-19,29H,3,20H2,1-2H3,(H,33,38)/t29-/m0/s1. The van der Waals surface area contributed by atoms with Crippen molar-refractivity contribution in [1.82, 2.24) is 19.2 Å². The van der Waals surface area contributed by atoms with E-state index in [0.717, 1.165) is 34.0 Å². The van der Waals surface area contributed by atoms with Crippen LogP contribution in [0.3, 0.4) is 0 Å². The van der Waals surface area contributed by atoms with Gasteiger partial charge in [-0.3, -0.25) is 0 Å². The molecule has 2 aromatic heterocycles. The smallest absolute Gasteiger partial charge is 0.322 e. The Kier molecular flexibility index (Phi) is 6.36. The first-order valence-corrected chi connectivity index (χ1v) is 12.9. The van der Waals surface area contributed by atoms with Crippen molar-refractivity contribution in [3.8, 4) is 17.3 Å². The summed E-state index contributed by atoms with van der Waals surface area (Å²) in [7, 11) is 1.59. The van der Waals surface area contributed by atoms with Crippen molar-refractivity contribution in [1.29, 1.82) is 0 Å². The van der Waals surface area contributed by atoms with Crippen LogP contribution < -0.4 is 10.1 Å². The Bertz CT molecular complexity index is 1620. The zero-order valence-electron chi connectivity index (χ0n) is 21.7. The van der Waals surface area contributed by atoms with Crippen LogP contribution in [-0.4, -0.2) is 32.4 Å². The number of hydrogen-bond donors (Lipinski definition) is 1. The van der Waals surface area contributed by atoms with Crippen LogP contribution in [0, 0.1) is 5.82 Å². The number of halogens is 1. The first kappa shape index (κ1) is 24.5. The van der Waals surface area contributed by atoms with Gasteiger partial charge in [-0.1, -0.05) is 43.3 Å². The van der Waals surface area contributed by atoms with E-state index < -0.39 is 6.04 Å². The number of carbonyl (C=O) groups excluding carboxylic acids is 1. The van der Waals surface area contributed by atoms with Gasteiger partial charge in [-0.25, -0.2) is 13.9 Å². The first-order chi connectivity index (χ1) is 19.1. The summed E-state index contributed by atoms with van der Waals surface area (Å²) in [4.78, 5) is 15.8. The minimum atomic E-state index is -0.479. The average Bonchev–Trinajstić information content (AvgIpc) is 3.55. The van der Waals surface area contributed by atoms with E-state index in [0.29, 0.717) is 24.4 Å². The number of para-hydroxylation sites is 1. The zero-order chi connectivity index (χ0) is 26.9. The Morgan fingerprint density at radius 2 is 1.82 bits per heavy atom. The number of benzene rings is 3. The third-order valence-corrected chi connectivity index (χ3v) is 7.07. The molecule has 3 aromatic carbocycles. The van der Waals surface area contributed by atoms with E-state index >= 15 is 0 Å². The van der Waals surface area contributed by atoms with Gasteiger partial charge >= 0.3 is 6.03 Å². The Labute approximate surface area is 226 Å². The number of ether oxygens (including phenoxy) is 1. The molecule has 2 amide bonds. The highest BCUT2D eigenvalue weighted by Gasteiger charge is 2.36. The van der Waals surface area contributed by atoms with Crippen LogP contribution in [0.1, 0.15) is 35.5 Å². The fourth-order valence-corrected chi connectivity index (χ4v) is 5.24. The summed E-state index contributed by atoms with van der Waals surface area (Å²) in [5, 5.41) is 8.03. The number of nitrogens with zero attached hydrogens (tertiary/aromatic N) is 4. The van der Waals surface area contributed by atoms with Gasteiger partial charge in [-0.05, 0) is 60.5 Å². The molecule has 0 aliphatic carbocycles. The molecule has 3 heterocycles. The quantitative estimate of drug-likeness (QED) is 0.287. The molecule has 6 rings (SSSR count). The van der Waals surface area contributed by atoms with Crippen LogP contribution in [0.5, 0.6) is 5.75 Å². The number of aromatic nitrogens is 3. The fraction of sp³-hybridized carbons (Fsp3) is 0.161. The number of anilines is 1. The summed E-state index contributed by atoms with van der Waals surface area (Å²) >= 11 is 0. The lowest BCUT2D eigenvalue weighted by atomic mass is 10.0. The van der Waals surface area contributed by atoms with Crippen LogP contribution >= 0.6 is 0 Å². The summed E-state index contributed by atoms with van der Waals surface area (Å²) in [5.74, 6) is 1.21. The first-order valence-electron chi connectivity index (χ1n) is 12.9. The van der Waals surface area contributed by atoms with Crippen LogP contribution in [0.2, 0.25) is 0 Å². The number of rotatable bonds is 5. The highest BCUT2D eigenvalue weighted by molar-refractivity contribution is 5.90. The van der Waals surface area contributed by atoms with Gasteiger partial charge in [0.1, 0.15) is 17.4 Å². The normalized spacial score (nSPS) is 14.3. The van der Waals surface area contributed by atoms with E-state index in [2.05, 4.69) is 16.8 Å². The largest absolute Gasteiger partial charge is 0.497 e. The van der Waals surface area contributed by atoms with Gasteiger partial charge in [0.25, 0.3) is 0 Å². The highest BCUT2D eigenvalue weighted by atomic mass is 19.1. The van der Waals surface area contributed by atoms with Crippen LogP contribution in [0.4, 0.5) is 14.9 Å². The van der Waals surface area contributed by atoms with Crippen molar-refractivity contribution < 1.29 is 13.9 Å². The molecule has 5 aromatic rings. The molecule has 1 aliphatic rings. The van der Waals surface area contributed by atoms with Gasteiger partial charge in [0.2, 0.25) is 0 Å². The van der Waals surface area contributed by atoms with Crippen molar-refractivity contribution in [3.63, 3.8) is 0 Å². The predicted octanol–water partition coefficient (Wildman–Crippen LogP) is 6.51. The van der Waals surface area contributed by atoms with Crippen molar-refractivity contribution in [2.24, 2.45) is 0 Å². The SMILES string of the molecule is CCc1nn(-c2ccccc2)c2c1CN(C(=O)Nc1cccc(OC)c1)[C@@H](c1ccc(F)cc1)c1cccn1-2. The molecule has 1 aliphatic heterocycles. The van der Waals surface area contributed by atoms with Gasteiger partial charge in [-0.2, -0.15) is 5.10 Å². The third kappa shape index (κ3) is 4.44. The molecule has 8 heteroatoms. The van der Waals surface area contributed by atoms with Crippen molar-refractivity contribution in [3.05, 3.63) is 126 Å². The van der Waals surface area contributed by atoms with Gasteiger partial charge in [0.15, 0.2) is 0 Å². The van der Waals surface area contributed by atoms with E-state index in [1.165, 1.54) is 12.1 Å². The maximum atomic E-state index is 14.1. The van der Waals surface area contributed by atoms with Gasteiger partial charge in [0.05, 0.1) is 36.8 Å². The average molecular weight is 522 g/mol. The number of carbonyl (C=O) groups is 1. The Hall–Kier alpha value is -4.85. The number of nitrogens with one attached hydrogen (secondary N) is 1. The molecule has 0 unspecified atom stereocenters. The van der Waals surface area contributed by atoms with Crippen molar-refractivity contribution in [2.45, 2.75) is 25.9 Å². The summed E-state index contributed by atoms with van der Waals surface area (Å²) in [6, 6.07) is 26.8. The molecule has 1 atom stereocenters. The molecular formula is C31H28FN5O2. The predicted molar refractivity (Wildman–Crippen MR) is 148 cm³/mol. The maximum Gasteiger partial charge on any atom is 0.322 e. The highest BCUT2D eigenvalue weighted by Crippen LogP contribution is 2.39. The molecule has 0 radical (unpaired) electrons.